The van der Waals surface area contributed by atoms with Crippen molar-refractivity contribution in [1.29, 1.82) is 0 Å². The van der Waals surface area contributed by atoms with E-state index in [9.17, 15) is 4.79 Å². The van der Waals surface area contributed by atoms with Crippen molar-refractivity contribution in [3.8, 4) is 11.5 Å². The number of carbonyl (C=O) groups excluding carboxylic acids is 1. The molecule has 3 aromatic carbocycles. The number of hydrogen-bond acceptors (Lipinski definition) is 3. The fourth-order valence-electron chi connectivity index (χ4n) is 2.50. The van der Waals surface area contributed by atoms with Gasteiger partial charge in [-0.2, -0.15) is 0 Å². The minimum atomic E-state index is -0.267. The molecule has 0 spiro atoms. The summed E-state index contributed by atoms with van der Waals surface area (Å²) in [6.07, 6.45) is 0.843. The molecule has 0 aliphatic carbocycles. The van der Waals surface area contributed by atoms with E-state index in [0.29, 0.717) is 23.1 Å². The molecule has 0 saturated carbocycles. The zero-order chi connectivity index (χ0) is 19.8. The Hall–Kier alpha value is -2.50. The van der Waals surface area contributed by atoms with Crippen molar-refractivity contribution in [3.63, 3.8) is 0 Å². The minimum Gasteiger partial charge on any atom is -0.493 e. The first-order valence-corrected chi connectivity index (χ1v) is 9.92. The van der Waals surface area contributed by atoms with Crippen molar-refractivity contribution in [3.05, 3.63) is 87.9 Å². The van der Waals surface area contributed by atoms with Gasteiger partial charge in [0.1, 0.15) is 11.5 Å². The number of nitrogens with one attached hydrogen (secondary N) is 1. The van der Waals surface area contributed by atoms with Crippen LogP contribution in [0.1, 0.15) is 5.56 Å². The Labute approximate surface area is 177 Å². The Kier molecular flexibility index (Phi) is 7.34. The zero-order valence-corrected chi connectivity index (χ0v) is 17.4. The van der Waals surface area contributed by atoms with E-state index in [4.69, 9.17) is 21.1 Å². The third-order valence-electron chi connectivity index (χ3n) is 3.89. The van der Waals surface area contributed by atoms with Crippen LogP contribution >= 0.6 is 27.5 Å². The SMILES string of the molecule is O=C(COc1ccc(Br)cc1Cl)Nc1ccc(OCCc2ccccc2)cc1. The third-order valence-corrected chi connectivity index (χ3v) is 4.68. The van der Waals surface area contributed by atoms with Crippen LogP contribution in [0.4, 0.5) is 5.69 Å². The quantitative estimate of drug-likeness (QED) is 0.466. The number of rotatable bonds is 8. The molecule has 1 amide bonds. The molecule has 0 fully saturated rings. The molecule has 0 unspecified atom stereocenters. The van der Waals surface area contributed by atoms with Crippen LogP contribution in [-0.2, 0) is 11.2 Å². The summed E-state index contributed by atoms with van der Waals surface area (Å²) in [6, 6.07) is 22.6. The summed E-state index contributed by atoms with van der Waals surface area (Å²) >= 11 is 9.39. The lowest BCUT2D eigenvalue weighted by atomic mass is 10.2. The number of carbonyl (C=O) groups is 1. The predicted molar refractivity (Wildman–Crippen MR) is 115 cm³/mol. The second-order valence-corrected chi connectivity index (χ2v) is 7.34. The van der Waals surface area contributed by atoms with Gasteiger partial charge in [-0.1, -0.05) is 57.9 Å². The Morgan fingerprint density at radius 3 is 2.43 bits per heavy atom. The second-order valence-electron chi connectivity index (χ2n) is 6.02. The predicted octanol–water partition coefficient (Wildman–Crippen LogP) is 5.74. The Morgan fingerprint density at radius 1 is 0.964 bits per heavy atom. The van der Waals surface area contributed by atoms with Crippen LogP contribution in [0.15, 0.2) is 77.3 Å². The average molecular weight is 461 g/mol. The van der Waals surface area contributed by atoms with Crippen LogP contribution in [-0.4, -0.2) is 19.1 Å². The zero-order valence-electron chi connectivity index (χ0n) is 15.0. The third kappa shape index (κ3) is 6.29. The van der Waals surface area contributed by atoms with Gasteiger partial charge in [0, 0.05) is 16.6 Å². The van der Waals surface area contributed by atoms with E-state index in [1.807, 2.05) is 30.3 Å². The van der Waals surface area contributed by atoms with Crippen LogP contribution in [0.25, 0.3) is 0 Å². The first-order chi connectivity index (χ1) is 13.6. The molecule has 3 aromatic rings. The lowest BCUT2D eigenvalue weighted by molar-refractivity contribution is -0.118. The second kappa shape index (κ2) is 10.2. The molecule has 4 nitrogen and oxygen atoms in total. The normalized spacial score (nSPS) is 10.4. The topological polar surface area (TPSA) is 47.6 Å². The number of anilines is 1. The number of hydrogen-bond donors (Lipinski definition) is 1. The van der Waals surface area contributed by atoms with Crippen molar-refractivity contribution in [2.75, 3.05) is 18.5 Å². The Balaban J connectivity index is 1.43. The molecule has 1 N–H and O–H groups in total. The molecule has 0 atom stereocenters. The summed E-state index contributed by atoms with van der Waals surface area (Å²) in [5, 5.41) is 3.22. The van der Waals surface area contributed by atoms with Gasteiger partial charge in [0.15, 0.2) is 6.61 Å². The molecule has 0 aliphatic rings. The van der Waals surface area contributed by atoms with E-state index in [1.165, 1.54) is 5.56 Å². The molecular weight excluding hydrogens is 442 g/mol. The van der Waals surface area contributed by atoms with Crippen molar-refractivity contribution in [2.45, 2.75) is 6.42 Å². The van der Waals surface area contributed by atoms with Crippen molar-refractivity contribution in [2.24, 2.45) is 0 Å². The fourth-order valence-corrected chi connectivity index (χ4v) is 3.23. The minimum absolute atomic E-state index is 0.128. The molecule has 0 aliphatic heterocycles. The molecular formula is C22H19BrClNO3. The summed E-state index contributed by atoms with van der Waals surface area (Å²) in [4.78, 5) is 12.1. The molecule has 6 heteroatoms. The molecule has 28 heavy (non-hydrogen) atoms. The maximum Gasteiger partial charge on any atom is 0.262 e. The van der Waals surface area contributed by atoms with Crippen LogP contribution in [0.5, 0.6) is 11.5 Å². The van der Waals surface area contributed by atoms with Gasteiger partial charge in [0.05, 0.1) is 11.6 Å². The monoisotopic (exact) mass is 459 g/mol. The van der Waals surface area contributed by atoms with Crippen LogP contribution in [0, 0.1) is 0 Å². The molecule has 0 radical (unpaired) electrons. The van der Waals surface area contributed by atoms with Crippen molar-refractivity contribution in [1.82, 2.24) is 0 Å². The van der Waals surface area contributed by atoms with Gasteiger partial charge in [-0.25, -0.2) is 0 Å². The first-order valence-electron chi connectivity index (χ1n) is 8.74. The van der Waals surface area contributed by atoms with Gasteiger partial charge in [0.25, 0.3) is 5.91 Å². The van der Waals surface area contributed by atoms with Crippen LogP contribution in [0.2, 0.25) is 5.02 Å². The lowest BCUT2D eigenvalue weighted by Gasteiger charge is -2.10. The highest BCUT2D eigenvalue weighted by molar-refractivity contribution is 9.10. The Bertz CT molecular complexity index is 917. The molecule has 3 rings (SSSR count). The van der Waals surface area contributed by atoms with Gasteiger partial charge < -0.3 is 14.8 Å². The van der Waals surface area contributed by atoms with E-state index in [1.54, 1.807) is 30.3 Å². The molecule has 0 bridgehead atoms. The molecule has 0 aromatic heterocycles. The van der Waals surface area contributed by atoms with Crippen LogP contribution < -0.4 is 14.8 Å². The lowest BCUT2D eigenvalue weighted by Crippen LogP contribution is -2.20. The van der Waals surface area contributed by atoms with E-state index in [2.05, 4.69) is 33.4 Å². The number of amides is 1. The van der Waals surface area contributed by atoms with Crippen molar-refractivity contribution >= 4 is 39.1 Å². The average Bonchev–Trinajstić information content (AvgIpc) is 2.69. The van der Waals surface area contributed by atoms with Crippen molar-refractivity contribution < 1.29 is 14.3 Å². The summed E-state index contributed by atoms with van der Waals surface area (Å²) < 4.78 is 12.0. The maximum atomic E-state index is 12.1. The Morgan fingerprint density at radius 2 is 1.71 bits per heavy atom. The molecule has 0 heterocycles. The molecule has 144 valence electrons. The highest BCUT2D eigenvalue weighted by atomic mass is 79.9. The number of benzene rings is 3. The van der Waals surface area contributed by atoms with Gasteiger partial charge in [-0.15, -0.1) is 0 Å². The standard InChI is InChI=1S/C22H19BrClNO3/c23-17-6-11-21(20(24)14-17)28-15-22(26)25-18-7-9-19(10-8-18)27-13-12-16-4-2-1-3-5-16/h1-11,14H,12-13,15H2,(H,25,26). The first kappa shape index (κ1) is 20.2. The van der Waals surface area contributed by atoms with E-state index in [0.717, 1.165) is 16.6 Å². The number of halogens is 2. The highest BCUT2D eigenvalue weighted by Crippen LogP contribution is 2.27. The summed E-state index contributed by atoms with van der Waals surface area (Å²) in [6.45, 7) is 0.466. The maximum absolute atomic E-state index is 12.1. The van der Waals surface area contributed by atoms with Gasteiger partial charge in [0.2, 0.25) is 0 Å². The molecule has 0 saturated heterocycles. The largest absolute Gasteiger partial charge is 0.493 e. The number of ether oxygens (including phenoxy) is 2. The summed E-state index contributed by atoms with van der Waals surface area (Å²) in [7, 11) is 0. The van der Waals surface area contributed by atoms with E-state index < -0.39 is 0 Å². The van der Waals surface area contributed by atoms with Crippen LogP contribution in [0.3, 0.4) is 0 Å². The van der Waals surface area contributed by atoms with E-state index >= 15 is 0 Å². The highest BCUT2D eigenvalue weighted by Gasteiger charge is 2.07. The van der Waals surface area contributed by atoms with Gasteiger partial charge in [-0.3, -0.25) is 4.79 Å². The van der Waals surface area contributed by atoms with Gasteiger partial charge in [-0.05, 0) is 48.0 Å². The summed E-state index contributed by atoms with van der Waals surface area (Å²) in [5.74, 6) is 0.950. The summed E-state index contributed by atoms with van der Waals surface area (Å²) in [5.41, 5.74) is 1.91. The van der Waals surface area contributed by atoms with E-state index in [-0.39, 0.29) is 12.5 Å². The van der Waals surface area contributed by atoms with Gasteiger partial charge >= 0.3 is 0 Å². The fraction of sp³-hybridized carbons (Fsp3) is 0.136. The smallest absolute Gasteiger partial charge is 0.262 e.